The molecule has 0 spiro atoms. The molecule has 1 heterocycles. The highest BCUT2D eigenvalue weighted by Gasteiger charge is 2.11. The van der Waals surface area contributed by atoms with E-state index in [4.69, 9.17) is 4.74 Å². The predicted molar refractivity (Wildman–Crippen MR) is 158 cm³/mol. The summed E-state index contributed by atoms with van der Waals surface area (Å²) >= 11 is 0. The van der Waals surface area contributed by atoms with E-state index in [1.807, 2.05) is 37.3 Å². The van der Waals surface area contributed by atoms with E-state index >= 15 is 0 Å². The largest absolute Gasteiger partial charge is 0.484 e. The summed E-state index contributed by atoms with van der Waals surface area (Å²) in [7, 11) is 0. The number of ether oxygens (including phenoxy) is 1. The highest BCUT2D eigenvalue weighted by atomic mass is 19.1. The van der Waals surface area contributed by atoms with Crippen molar-refractivity contribution in [3.63, 3.8) is 0 Å². The van der Waals surface area contributed by atoms with E-state index in [2.05, 4.69) is 44.7 Å². The number of hydrogen-bond donors (Lipinski definition) is 2. The van der Waals surface area contributed by atoms with E-state index < -0.39 is 0 Å². The van der Waals surface area contributed by atoms with Crippen LogP contribution < -0.4 is 15.5 Å². The molecule has 0 atom stereocenters. The lowest BCUT2D eigenvalue weighted by molar-refractivity contribution is -0.118. The van der Waals surface area contributed by atoms with Gasteiger partial charge in [0.25, 0.3) is 11.8 Å². The van der Waals surface area contributed by atoms with Crippen LogP contribution in [0.4, 0.5) is 10.1 Å². The Hall–Kier alpha value is -5.50. The fourth-order valence-electron chi connectivity index (χ4n) is 4.24. The van der Waals surface area contributed by atoms with E-state index in [-0.39, 0.29) is 24.2 Å². The fourth-order valence-corrected chi connectivity index (χ4v) is 4.24. The lowest BCUT2D eigenvalue weighted by Crippen LogP contribution is -2.20. The maximum atomic E-state index is 13.0. The number of carbonyl (C=O) groups excluding carboxylic acids is 2. The molecule has 0 bridgehead atoms. The van der Waals surface area contributed by atoms with Gasteiger partial charge < -0.3 is 14.6 Å². The molecule has 0 aliphatic carbocycles. The number of amides is 2. The van der Waals surface area contributed by atoms with Crippen LogP contribution in [0, 0.1) is 12.7 Å². The molecule has 0 saturated carbocycles. The minimum absolute atomic E-state index is 0.197. The van der Waals surface area contributed by atoms with Gasteiger partial charge in [0, 0.05) is 22.6 Å². The van der Waals surface area contributed by atoms with Gasteiger partial charge >= 0.3 is 0 Å². The van der Waals surface area contributed by atoms with Crippen molar-refractivity contribution in [1.82, 2.24) is 9.99 Å². The van der Waals surface area contributed by atoms with Gasteiger partial charge in [0.15, 0.2) is 6.61 Å². The Morgan fingerprint density at radius 1 is 0.854 bits per heavy atom. The lowest BCUT2D eigenvalue weighted by atomic mass is 10.1. The average molecular weight is 547 g/mol. The number of nitrogens with zero attached hydrogens (tertiary/aromatic N) is 2. The molecule has 5 aromatic rings. The second kappa shape index (κ2) is 12.6. The van der Waals surface area contributed by atoms with Crippen molar-refractivity contribution in [2.75, 3.05) is 11.9 Å². The Morgan fingerprint density at radius 3 is 2.27 bits per heavy atom. The Kier molecular flexibility index (Phi) is 8.30. The van der Waals surface area contributed by atoms with Crippen molar-refractivity contribution < 1.29 is 18.7 Å². The molecule has 41 heavy (non-hydrogen) atoms. The zero-order chi connectivity index (χ0) is 28.6. The minimum atomic E-state index is -0.377. The first-order valence-corrected chi connectivity index (χ1v) is 12.9. The summed E-state index contributed by atoms with van der Waals surface area (Å²) < 4.78 is 20.6. The molecule has 0 unspecified atom stereocenters. The second-order valence-electron chi connectivity index (χ2n) is 9.22. The van der Waals surface area contributed by atoms with Gasteiger partial charge in [-0.1, -0.05) is 30.3 Å². The quantitative estimate of drug-likeness (QED) is 0.166. The summed E-state index contributed by atoms with van der Waals surface area (Å²) in [5, 5.41) is 6.68. The van der Waals surface area contributed by atoms with Crippen LogP contribution in [0.25, 0.3) is 16.9 Å². The molecule has 2 amide bonds. The number of rotatable bonds is 9. The summed E-state index contributed by atoms with van der Waals surface area (Å²) in [5.41, 5.74) is 8.50. The number of carbonyl (C=O) groups is 2. The van der Waals surface area contributed by atoms with E-state index in [1.165, 1.54) is 30.5 Å². The Balaban J connectivity index is 1.13. The topological polar surface area (TPSA) is 84.7 Å². The monoisotopic (exact) mass is 546 g/mol. The normalized spacial score (nSPS) is 10.9. The molecular formula is C33H27FN4O3. The van der Waals surface area contributed by atoms with E-state index in [0.717, 1.165) is 28.2 Å². The number of nitrogens with one attached hydrogen (secondary N) is 2. The third-order valence-corrected chi connectivity index (χ3v) is 6.29. The number of aryl methyl sites for hydroxylation is 1. The molecule has 0 radical (unpaired) electrons. The first kappa shape index (κ1) is 27.1. The van der Waals surface area contributed by atoms with Gasteiger partial charge in [0.1, 0.15) is 11.6 Å². The standard InChI is InChI=1S/C33H27FN4O3/c1-23-7-20-31(25-5-3-2-4-6-25)38(23)29-16-10-26(11-17-29)33(40)37-35-21-24-8-18-30(19-9-24)41-22-32(39)36-28-14-12-27(34)13-15-28/h2-21H,22H2,1H3,(H,36,39)(H,37,40)/b35-21+. The molecule has 204 valence electrons. The first-order chi connectivity index (χ1) is 20.0. The van der Waals surface area contributed by atoms with Gasteiger partial charge in [-0.2, -0.15) is 5.10 Å². The molecule has 4 aromatic carbocycles. The molecule has 1 aromatic heterocycles. The van der Waals surface area contributed by atoms with E-state index in [9.17, 15) is 14.0 Å². The zero-order valence-corrected chi connectivity index (χ0v) is 22.3. The van der Waals surface area contributed by atoms with Gasteiger partial charge in [-0.3, -0.25) is 9.59 Å². The van der Waals surface area contributed by atoms with E-state index in [0.29, 0.717) is 17.0 Å². The Bertz CT molecular complexity index is 1660. The van der Waals surface area contributed by atoms with Crippen LogP contribution >= 0.6 is 0 Å². The van der Waals surface area contributed by atoms with Crippen molar-refractivity contribution in [3.05, 3.63) is 138 Å². The Labute approximate surface area is 236 Å². The third-order valence-electron chi connectivity index (χ3n) is 6.29. The van der Waals surface area contributed by atoms with Gasteiger partial charge in [-0.05, 0) is 103 Å². The van der Waals surface area contributed by atoms with Crippen LogP contribution in [0.2, 0.25) is 0 Å². The lowest BCUT2D eigenvalue weighted by Gasteiger charge is -2.12. The molecule has 8 heteroatoms. The van der Waals surface area contributed by atoms with Crippen molar-refractivity contribution in [2.24, 2.45) is 5.10 Å². The summed E-state index contributed by atoms with van der Waals surface area (Å²) in [4.78, 5) is 24.7. The van der Waals surface area contributed by atoms with Crippen LogP contribution in [-0.4, -0.2) is 29.2 Å². The predicted octanol–water partition coefficient (Wildman–Crippen LogP) is 6.37. The van der Waals surface area contributed by atoms with Crippen LogP contribution in [0.3, 0.4) is 0 Å². The molecule has 0 fully saturated rings. The number of anilines is 1. The zero-order valence-electron chi connectivity index (χ0n) is 22.3. The maximum absolute atomic E-state index is 13.0. The number of hydrogen-bond acceptors (Lipinski definition) is 4. The molecule has 7 nitrogen and oxygen atoms in total. The van der Waals surface area contributed by atoms with E-state index in [1.54, 1.807) is 36.4 Å². The molecule has 2 N–H and O–H groups in total. The third kappa shape index (κ3) is 6.93. The molecule has 0 saturated heterocycles. The number of benzene rings is 4. The maximum Gasteiger partial charge on any atom is 0.271 e. The average Bonchev–Trinajstić information content (AvgIpc) is 3.39. The van der Waals surface area contributed by atoms with Crippen LogP contribution in [0.5, 0.6) is 5.75 Å². The van der Waals surface area contributed by atoms with Gasteiger partial charge in [0.2, 0.25) is 0 Å². The highest BCUT2D eigenvalue weighted by molar-refractivity contribution is 5.95. The van der Waals surface area contributed by atoms with Crippen LogP contribution in [0.15, 0.2) is 120 Å². The van der Waals surface area contributed by atoms with Gasteiger partial charge in [-0.15, -0.1) is 0 Å². The summed E-state index contributed by atoms with van der Waals surface area (Å²) in [6, 6.07) is 34.1. The van der Waals surface area contributed by atoms with Crippen molar-refractivity contribution in [2.45, 2.75) is 6.92 Å². The van der Waals surface area contributed by atoms with Crippen LogP contribution in [0.1, 0.15) is 21.6 Å². The second-order valence-corrected chi connectivity index (χ2v) is 9.22. The number of hydrazone groups is 1. The van der Waals surface area contributed by atoms with Gasteiger partial charge in [-0.25, -0.2) is 9.82 Å². The van der Waals surface area contributed by atoms with Crippen molar-refractivity contribution in [1.29, 1.82) is 0 Å². The minimum Gasteiger partial charge on any atom is -0.484 e. The van der Waals surface area contributed by atoms with Crippen molar-refractivity contribution >= 4 is 23.7 Å². The fraction of sp³-hybridized carbons (Fsp3) is 0.0606. The number of halogens is 1. The van der Waals surface area contributed by atoms with Crippen LogP contribution in [-0.2, 0) is 4.79 Å². The molecular weight excluding hydrogens is 519 g/mol. The smallest absolute Gasteiger partial charge is 0.271 e. The Morgan fingerprint density at radius 2 is 1.56 bits per heavy atom. The molecule has 0 aliphatic rings. The summed E-state index contributed by atoms with van der Waals surface area (Å²) in [5.74, 6) is -0.572. The molecule has 0 aliphatic heterocycles. The highest BCUT2D eigenvalue weighted by Crippen LogP contribution is 2.26. The van der Waals surface area contributed by atoms with Gasteiger partial charge in [0.05, 0.1) is 11.9 Å². The van der Waals surface area contributed by atoms with Crippen molar-refractivity contribution in [3.8, 4) is 22.7 Å². The SMILES string of the molecule is Cc1ccc(-c2ccccc2)n1-c1ccc(C(=O)N/N=C/c2ccc(OCC(=O)Nc3ccc(F)cc3)cc2)cc1. The molecule has 5 rings (SSSR count). The summed E-state index contributed by atoms with van der Waals surface area (Å²) in [6.07, 6.45) is 1.52. The first-order valence-electron chi connectivity index (χ1n) is 12.9. The number of aromatic nitrogens is 1. The summed E-state index contributed by atoms with van der Waals surface area (Å²) in [6.45, 7) is 1.85.